The van der Waals surface area contributed by atoms with Crippen molar-refractivity contribution >= 4 is 0 Å². The summed E-state index contributed by atoms with van der Waals surface area (Å²) in [6.45, 7) is 0.550. The van der Waals surface area contributed by atoms with Gasteiger partial charge in [0.1, 0.15) is 0 Å². The van der Waals surface area contributed by atoms with Crippen LogP contribution >= 0.6 is 0 Å². The van der Waals surface area contributed by atoms with Gasteiger partial charge in [0.15, 0.2) is 0 Å². The van der Waals surface area contributed by atoms with Crippen molar-refractivity contribution in [1.29, 1.82) is 0 Å². The lowest BCUT2D eigenvalue weighted by Crippen LogP contribution is -2.24. The zero-order chi connectivity index (χ0) is 13.2. The largest absolute Gasteiger partial charge is 0.388 e. The van der Waals surface area contributed by atoms with E-state index >= 15 is 0 Å². The van der Waals surface area contributed by atoms with Gasteiger partial charge < -0.3 is 5.11 Å². The Bertz CT molecular complexity index is 596. The fourth-order valence-electron chi connectivity index (χ4n) is 2.33. The van der Waals surface area contributed by atoms with Gasteiger partial charge in [-0.15, -0.1) is 0 Å². The Labute approximate surface area is 111 Å². The van der Waals surface area contributed by atoms with Crippen molar-refractivity contribution in [3.63, 3.8) is 0 Å². The molecule has 100 valence electrons. The molecule has 1 N–H and O–H groups in total. The molecule has 0 aliphatic heterocycles. The maximum atomic E-state index is 12.0. The molecule has 1 saturated carbocycles. The second kappa shape index (κ2) is 5.05. The number of aryl methyl sites for hydroxylation is 1. The molecule has 1 aromatic carbocycles. The van der Waals surface area contributed by atoms with Crippen molar-refractivity contribution in [2.45, 2.75) is 38.0 Å². The summed E-state index contributed by atoms with van der Waals surface area (Å²) < 4.78 is 3.49. The first kappa shape index (κ1) is 12.2. The van der Waals surface area contributed by atoms with Crippen LogP contribution in [0.3, 0.4) is 0 Å². The van der Waals surface area contributed by atoms with Crippen molar-refractivity contribution in [3.8, 4) is 0 Å². The van der Waals surface area contributed by atoms with Crippen LogP contribution in [-0.2, 0) is 6.54 Å². The summed E-state index contributed by atoms with van der Waals surface area (Å²) in [6.07, 6.45) is 5.93. The molecular formula is C15H18N2O2. The smallest absolute Gasteiger partial charge is 0.328 e. The molecule has 4 heteroatoms. The van der Waals surface area contributed by atoms with E-state index < -0.39 is 6.10 Å². The molecule has 1 aliphatic rings. The number of rotatable bonds is 5. The van der Waals surface area contributed by atoms with Crippen molar-refractivity contribution in [2.24, 2.45) is 0 Å². The summed E-state index contributed by atoms with van der Waals surface area (Å²) >= 11 is 0. The monoisotopic (exact) mass is 258 g/mol. The van der Waals surface area contributed by atoms with Crippen molar-refractivity contribution in [2.75, 3.05) is 0 Å². The molecule has 0 spiro atoms. The van der Waals surface area contributed by atoms with Gasteiger partial charge in [-0.3, -0.25) is 9.13 Å². The van der Waals surface area contributed by atoms with Gasteiger partial charge in [0.2, 0.25) is 0 Å². The van der Waals surface area contributed by atoms with E-state index in [9.17, 15) is 9.90 Å². The molecule has 1 aliphatic carbocycles. The summed E-state index contributed by atoms with van der Waals surface area (Å²) in [5.41, 5.74) is 0.944. The average Bonchev–Trinajstić information content (AvgIpc) is 3.22. The number of nitrogens with zero attached hydrogens (tertiary/aromatic N) is 2. The maximum absolute atomic E-state index is 12.0. The van der Waals surface area contributed by atoms with Gasteiger partial charge >= 0.3 is 5.69 Å². The van der Waals surface area contributed by atoms with E-state index in [0.717, 1.165) is 18.4 Å². The first-order chi connectivity index (χ1) is 9.25. The number of aliphatic hydroxyl groups is 1. The van der Waals surface area contributed by atoms with Crippen LogP contribution in [-0.4, -0.2) is 14.2 Å². The van der Waals surface area contributed by atoms with Crippen molar-refractivity contribution in [1.82, 2.24) is 9.13 Å². The Hall–Kier alpha value is -1.81. The van der Waals surface area contributed by atoms with Gasteiger partial charge in [-0.1, -0.05) is 30.3 Å². The normalized spacial score (nSPS) is 16.5. The van der Waals surface area contributed by atoms with Crippen molar-refractivity contribution in [3.05, 3.63) is 58.8 Å². The molecule has 19 heavy (non-hydrogen) atoms. The zero-order valence-corrected chi connectivity index (χ0v) is 10.8. The van der Waals surface area contributed by atoms with E-state index in [4.69, 9.17) is 0 Å². The van der Waals surface area contributed by atoms with Crippen molar-refractivity contribution < 1.29 is 5.11 Å². The fraction of sp³-hybridized carbons (Fsp3) is 0.400. The van der Waals surface area contributed by atoms with Crippen LogP contribution in [0.4, 0.5) is 0 Å². The highest BCUT2D eigenvalue weighted by Crippen LogP contribution is 2.33. The second-order valence-electron chi connectivity index (χ2n) is 5.13. The summed E-state index contributed by atoms with van der Waals surface area (Å²) in [7, 11) is 0. The molecule has 1 heterocycles. The lowest BCUT2D eigenvalue weighted by Gasteiger charge is -2.10. The average molecular weight is 258 g/mol. The van der Waals surface area contributed by atoms with E-state index in [2.05, 4.69) is 0 Å². The molecule has 4 nitrogen and oxygen atoms in total. The van der Waals surface area contributed by atoms with Gasteiger partial charge in [0, 0.05) is 25.0 Å². The number of hydrogen-bond acceptors (Lipinski definition) is 2. The zero-order valence-electron chi connectivity index (χ0n) is 10.8. The van der Waals surface area contributed by atoms with Gasteiger partial charge in [-0.2, -0.15) is 0 Å². The fourth-order valence-corrected chi connectivity index (χ4v) is 2.33. The van der Waals surface area contributed by atoms with Crippen LogP contribution in [0.5, 0.6) is 0 Å². The quantitative estimate of drug-likeness (QED) is 0.893. The van der Waals surface area contributed by atoms with Crippen LogP contribution in [0, 0.1) is 0 Å². The molecule has 3 rings (SSSR count). The number of benzene rings is 1. The number of aliphatic hydroxyl groups excluding tert-OH is 1. The van der Waals surface area contributed by atoms with E-state index in [0.29, 0.717) is 19.0 Å². The SMILES string of the molecule is O=c1n(CCC(O)c2ccccc2)ccn1C1CC1. The Morgan fingerprint density at radius 2 is 1.95 bits per heavy atom. The van der Waals surface area contributed by atoms with Gasteiger partial charge in [0.25, 0.3) is 0 Å². The Kier molecular flexibility index (Phi) is 3.25. The standard InChI is InChI=1S/C15H18N2O2/c18-14(12-4-2-1-3-5-12)8-9-16-10-11-17(15(16)19)13-6-7-13/h1-5,10-11,13-14,18H,6-9H2. The minimum absolute atomic E-state index is 0.0442. The molecule has 1 fully saturated rings. The number of hydrogen-bond donors (Lipinski definition) is 1. The highest BCUT2D eigenvalue weighted by atomic mass is 16.3. The molecular weight excluding hydrogens is 240 g/mol. The summed E-state index contributed by atoms with van der Waals surface area (Å²) in [5.74, 6) is 0. The van der Waals surface area contributed by atoms with E-state index in [1.807, 2.05) is 42.7 Å². The molecule has 0 saturated heterocycles. The molecule has 0 amide bonds. The molecule has 1 aromatic heterocycles. The van der Waals surface area contributed by atoms with E-state index in [-0.39, 0.29) is 5.69 Å². The van der Waals surface area contributed by atoms with Gasteiger partial charge in [-0.25, -0.2) is 4.79 Å². The minimum Gasteiger partial charge on any atom is -0.388 e. The third-order valence-electron chi connectivity index (χ3n) is 3.64. The van der Waals surface area contributed by atoms with Crippen LogP contribution in [0.1, 0.15) is 37.0 Å². The lowest BCUT2D eigenvalue weighted by molar-refractivity contribution is 0.160. The predicted octanol–water partition coefficient (Wildman–Crippen LogP) is 2.11. The maximum Gasteiger partial charge on any atom is 0.328 e. The molecule has 0 radical (unpaired) electrons. The summed E-state index contributed by atoms with van der Waals surface area (Å²) in [6, 6.07) is 9.97. The lowest BCUT2D eigenvalue weighted by atomic mass is 10.1. The molecule has 0 bridgehead atoms. The summed E-state index contributed by atoms with van der Waals surface area (Å²) in [4.78, 5) is 12.0. The highest BCUT2D eigenvalue weighted by Gasteiger charge is 2.25. The van der Waals surface area contributed by atoms with Crippen LogP contribution in [0.2, 0.25) is 0 Å². The molecule has 1 atom stereocenters. The number of imidazole rings is 1. The second-order valence-corrected chi connectivity index (χ2v) is 5.13. The van der Waals surface area contributed by atoms with Crippen LogP contribution in [0.25, 0.3) is 0 Å². The Morgan fingerprint density at radius 1 is 1.21 bits per heavy atom. The molecule has 1 unspecified atom stereocenters. The third kappa shape index (κ3) is 2.63. The summed E-state index contributed by atoms with van der Waals surface area (Å²) in [5, 5.41) is 10.1. The van der Waals surface area contributed by atoms with Crippen LogP contribution < -0.4 is 5.69 Å². The Balaban J connectivity index is 1.65. The minimum atomic E-state index is -0.516. The third-order valence-corrected chi connectivity index (χ3v) is 3.64. The highest BCUT2D eigenvalue weighted by molar-refractivity contribution is 5.17. The van der Waals surface area contributed by atoms with Gasteiger partial charge in [0.05, 0.1) is 6.10 Å². The topological polar surface area (TPSA) is 47.2 Å². The van der Waals surface area contributed by atoms with E-state index in [1.54, 1.807) is 9.13 Å². The van der Waals surface area contributed by atoms with Crippen LogP contribution in [0.15, 0.2) is 47.5 Å². The first-order valence-corrected chi connectivity index (χ1v) is 6.76. The first-order valence-electron chi connectivity index (χ1n) is 6.76. The van der Waals surface area contributed by atoms with E-state index in [1.165, 1.54) is 0 Å². The number of aromatic nitrogens is 2. The van der Waals surface area contributed by atoms with Gasteiger partial charge in [-0.05, 0) is 24.8 Å². The molecule has 2 aromatic rings. The predicted molar refractivity (Wildman–Crippen MR) is 73.0 cm³/mol. The Morgan fingerprint density at radius 3 is 2.63 bits per heavy atom.